The zero-order valence-electron chi connectivity index (χ0n) is 11.8. The van der Waals surface area contributed by atoms with Crippen molar-refractivity contribution in [1.82, 2.24) is 0 Å². The van der Waals surface area contributed by atoms with Gasteiger partial charge in [-0.2, -0.15) is 5.26 Å². The van der Waals surface area contributed by atoms with E-state index >= 15 is 0 Å². The van der Waals surface area contributed by atoms with Crippen molar-refractivity contribution < 1.29 is 4.79 Å². The summed E-state index contributed by atoms with van der Waals surface area (Å²) < 4.78 is 0. The number of anilines is 1. The first kappa shape index (κ1) is 13.6. The topological polar surface area (TPSA) is 52.9 Å². The lowest BCUT2D eigenvalue weighted by Gasteiger charge is -2.30. The third-order valence-corrected chi connectivity index (χ3v) is 3.65. The highest BCUT2D eigenvalue weighted by atomic mass is 16.1. The Kier molecular flexibility index (Phi) is 3.61. The Balaban J connectivity index is 2.33. The molecule has 0 saturated carbocycles. The summed E-state index contributed by atoms with van der Waals surface area (Å²) >= 11 is 0. The molecule has 1 unspecified atom stereocenters. The number of nitrogens with one attached hydrogen (secondary N) is 1. The van der Waals surface area contributed by atoms with Crippen molar-refractivity contribution in [3.8, 4) is 6.07 Å². The van der Waals surface area contributed by atoms with E-state index in [-0.39, 0.29) is 17.2 Å². The Morgan fingerprint density at radius 2 is 2.16 bits per heavy atom. The van der Waals surface area contributed by atoms with Crippen LogP contribution in [0.3, 0.4) is 0 Å². The summed E-state index contributed by atoms with van der Waals surface area (Å²) in [5.41, 5.74) is 3.36. The Hall–Kier alpha value is -1.82. The third-order valence-electron chi connectivity index (χ3n) is 3.65. The van der Waals surface area contributed by atoms with E-state index in [9.17, 15) is 4.79 Å². The second-order valence-corrected chi connectivity index (χ2v) is 6.18. The van der Waals surface area contributed by atoms with Crippen molar-refractivity contribution >= 4 is 11.6 Å². The van der Waals surface area contributed by atoms with Crippen LogP contribution in [0, 0.1) is 17.2 Å². The van der Waals surface area contributed by atoms with Crippen LogP contribution in [-0.2, 0) is 16.6 Å². The number of nitriles is 1. The number of para-hydroxylation sites is 1. The molecule has 0 aromatic heterocycles. The van der Waals surface area contributed by atoms with Crippen LogP contribution >= 0.6 is 0 Å². The summed E-state index contributed by atoms with van der Waals surface area (Å²) in [6, 6.07) is 8.32. The van der Waals surface area contributed by atoms with Crippen LogP contribution < -0.4 is 5.32 Å². The molecule has 100 valence electrons. The van der Waals surface area contributed by atoms with E-state index in [0.717, 1.165) is 12.1 Å². The molecule has 3 nitrogen and oxygen atoms in total. The summed E-state index contributed by atoms with van der Waals surface area (Å²) in [6.45, 7) is 6.45. The molecule has 1 aromatic rings. The van der Waals surface area contributed by atoms with Gasteiger partial charge in [-0.3, -0.25) is 4.79 Å². The predicted octanol–water partition coefficient (Wildman–Crippen LogP) is 3.40. The van der Waals surface area contributed by atoms with Crippen molar-refractivity contribution in [2.24, 2.45) is 5.92 Å². The molecule has 0 bridgehead atoms. The lowest BCUT2D eigenvalue weighted by atomic mass is 9.81. The average molecular weight is 256 g/mol. The van der Waals surface area contributed by atoms with Gasteiger partial charge < -0.3 is 5.32 Å². The summed E-state index contributed by atoms with van der Waals surface area (Å²) in [5.74, 6) is -0.0122. The number of carbonyl (C=O) groups excluding carboxylic acids is 1. The normalized spacial score (nSPS) is 18.4. The number of fused-ring (bicyclic) bond motifs is 1. The molecular weight excluding hydrogens is 236 g/mol. The van der Waals surface area contributed by atoms with Gasteiger partial charge in [-0.1, -0.05) is 39.0 Å². The van der Waals surface area contributed by atoms with E-state index in [1.807, 2.05) is 0 Å². The van der Waals surface area contributed by atoms with Gasteiger partial charge in [-0.25, -0.2) is 0 Å². The van der Waals surface area contributed by atoms with Gasteiger partial charge in [0.25, 0.3) is 0 Å². The molecule has 0 spiro atoms. The van der Waals surface area contributed by atoms with E-state index in [4.69, 9.17) is 5.26 Å². The maximum absolute atomic E-state index is 12.1. The van der Waals surface area contributed by atoms with Crippen LogP contribution in [0.4, 0.5) is 5.69 Å². The van der Waals surface area contributed by atoms with Gasteiger partial charge in [0, 0.05) is 18.0 Å². The third kappa shape index (κ3) is 2.78. The van der Waals surface area contributed by atoms with Crippen LogP contribution in [0.15, 0.2) is 18.2 Å². The first-order chi connectivity index (χ1) is 8.93. The van der Waals surface area contributed by atoms with Crippen molar-refractivity contribution in [1.29, 1.82) is 5.26 Å². The summed E-state index contributed by atoms with van der Waals surface area (Å²) in [7, 11) is 0. The second kappa shape index (κ2) is 5.05. The first-order valence-corrected chi connectivity index (χ1v) is 6.73. The Morgan fingerprint density at radius 1 is 1.42 bits per heavy atom. The van der Waals surface area contributed by atoms with E-state index in [2.05, 4.69) is 50.4 Å². The molecule has 1 atom stereocenters. The monoisotopic (exact) mass is 256 g/mol. The smallest absolute Gasteiger partial charge is 0.227 e. The predicted molar refractivity (Wildman–Crippen MR) is 75.8 cm³/mol. The van der Waals surface area contributed by atoms with Gasteiger partial charge in [0.05, 0.1) is 6.07 Å². The van der Waals surface area contributed by atoms with Crippen molar-refractivity contribution in [3.63, 3.8) is 0 Å². The quantitative estimate of drug-likeness (QED) is 0.881. The number of hydrogen-bond donors (Lipinski definition) is 1. The molecule has 19 heavy (non-hydrogen) atoms. The lowest BCUT2D eigenvalue weighted by Crippen LogP contribution is -2.32. The standard InChI is InChI=1S/C16H20N2O/c1-16(2,3)13-8-4-6-11-10-12(7-5-9-17)15(19)18-14(11)13/h4,6,8,12H,5,7,10H2,1-3H3,(H,18,19). The molecule has 1 aliphatic rings. The fourth-order valence-corrected chi connectivity index (χ4v) is 2.60. The molecule has 1 aliphatic heterocycles. The summed E-state index contributed by atoms with van der Waals surface area (Å²) in [6.07, 6.45) is 1.82. The number of nitrogens with zero attached hydrogens (tertiary/aromatic N) is 1. The molecule has 0 radical (unpaired) electrons. The van der Waals surface area contributed by atoms with Gasteiger partial charge in [-0.15, -0.1) is 0 Å². The Labute approximate surface area is 114 Å². The van der Waals surface area contributed by atoms with Crippen molar-refractivity contribution in [3.05, 3.63) is 29.3 Å². The lowest BCUT2D eigenvalue weighted by molar-refractivity contribution is -0.120. The zero-order valence-corrected chi connectivity index (χ0v) is 11.8. The van der Waals surface area contributed by atoms with Gasteiger partial charge in [0.2, 0.25) is 5.91 Å². The van der Waals surface area contributed by atoms with Crippen molar-refractivity contribution in [2.75, 3.05) is 5.32 Å². The highest BCUT2D eigenvalue weighted by Gasteiger charge is 2.29. The number of benzene rings is 1. The first-order valence-electron chi connectivity index (χ1n) is 6.73. The van der Waals surface area contributed by atoms with E-state index in [1.54, 1.807) is 0 Å². The molecule has 0 aliphatic carbocycles. The maximum atomic E-state index is 12.1. The van der Waals surface area contributed by atoms with E-state index in [0.29, 0.717) is 12.8 Å². The van der Waals surface area contributed by atoms with E-state index < -0.39 is 0 Å². The minimum absolute atomic E-state index is 0.0120. The largest absolute Gasteiger partial charge is 0.325 e. The Morgan fingerprint density at radius 3 is 2.79 bits per heavy atom. The van der Waals surface area contributed by atoms with Gasteiger partial charge in [0.15, 0.2) is 0 Å². The molecule has 1 heterocycles. The minimum atomic E-state index is -0.0673. The molecule has 3 heteroatoms. The highest BCUT2D eigenvalue weighted by Crippen LogP contribution is 2.36. The highest BCUT2D eigenvalue weighted by molar-refractivity contribution is 5.96. The van der Waals surface area contributed by atoms with Crippen LogP contribution in [0.25, 0.3) is 0 Å². The SMILES string of the molecule is CC(C)(C)c1cccc2c1NC(=O)C(CCC#N)C2. The summed E-state index contributed by atoms with van der Waals surface area (Å²) in [4.78, 5) is 12.1. The fraction of sp³-hybridized carbons (Fsp3) is 0.500. The molecule has 1 aromatic carbocycles. The van der Waals surface area contributed by atoms with Crippen LogP contribution in [0.5, 0.6) is 0 Å². The fourth-order valence-electron chi connectivity index (χ4n) is 2.60. The molecule has 0 saturated heterocycles. The van der Waals surface area contributed by atoms with Gasteiger partial charge in [0.1, 0.15) is 0 Å². The van der Waals surface area contributed by atoms with Crippen molar-refractivity contribution in [2.45, 2.75) is 45.4 Å². The minimum Gasteiger partial charge on any atom is -0.325 e. The zero-order chi connectivity index (χ0) is 14.0. The Bertz CT molecular complexity index is 535. The number of hydrogen-bond acceptors (Lipinski definition) is 2. The second-order valence-electron chi connectivity index (χ2n) is 6.18. The van der Waals surface area contributed by atoms with Crippen LogP contribution in [0.2, 0.25) is 0 Å². The average Bonchev–Trinajstić information content (AvgIpc) is 2.34. The van der Waals surface area contributed by atoms with E-state index in [1.165, 1.54) is 11.1 Å². The van der Waals surface area contributed by atoms with Gasteiger partial charge in [-0.05, 0) is 29.4 Å². The summed E-state index contributed by atoms with van der Waals surface area (Å²) in [5, 5.41) is 11.7. The number of carbonyl (C=O) groups is 1. The van der Waals surface area contributed by atoms with Crippen LogP contribution in [-0.4, -0.2) is 5.91 Å². The number of amides is 1. The molecule has 1 amide bonds. The molecular formula is C16H20N2O. The number of rotatable bonds is 2. The maximum Gasteiger partial charge on any atom is 0.227 e. The molecule has 0 fully saturated rings. The molecule has 1 N–H and O–H groups in total. The molecule has 2 rings (SSSR count). The van der Waals surface area contributed by atoms with Crippen LogP contribution in [0.1, 0.15) is 44.7 Å². The van der Waals surface area contributed by atoms with Gasteiger partial charge >= 0.3 is 0 Å².